The number of rotatable bonds is 7. The largest absolute Gasteiger partial charge is 0.479 e. The zero-order valence-corrected chi connectivity index (χ0v) is 26.3. The first-order valence-corrected chi connectivity index (χ1v) is 15.8. The van der Waals surface area contributed by atoms with Crippen molar-refractivity contribution in [1.82, 2.24) is 0 Å². The Bertz CT molecular complexity index is 1360. The van der Waals surface area contributed by atoms with Gasteiger partial charge in [-0.25, -0.2) is 9.59 Å². The minimum absolute atomic E-state index is 0.0144. The second-order valence-electron chi connectivity index (χ2n) is 14.5. The second-order valence-corrected chi connectivity index (χ2v) is 14.5. The lowest BCUT2D eigenvalue weighted by molar-refractivity contribution is -0.296. The number of aliphatic hydroxyl groups is 6. The van der Waals surface area contributed by atoms with E-state index in [1.807, 2.05) is 0 Å². The van der Waals surface area contributed by atoms with E-state index in [1.165, 1.54) is 6.08 Å². The number of allylic oxidation sites excluding steroid dienone is 2. The molecule has 6 rings (SSSR count). The monoisotopic (exact) mass is 670 g/mol. The molecule has 1 spiro atoms. The van der Waals surface area contributed by atoms with Crippen LogP contribution in [0.3, 0.4) is 0 Å². The zero-order valence-electron chi connectivity index (χ0n) is 26.3. The summed E-state index contributed by atoms with van der Waals surface area (Å²) < 4.78 is 28.7. The number of hydrogen-bond acceptors (Lipinski definition) is 15. The number of esters is 2. The van der Waals surface area contributed by atoms with Crippen molar-refractivity contribution in [3.05, 3.63) is 11.8 Å². The minimum atomic E-state index is -2.55. The molecule has 262 valence electrons. The highest BCUT2D eigenvalue weighted by Gasteiger charge is 2.85. The maximum Gasteiger partial charge on any atom is 0.348 e. The van der Waals surface area contributed by atoms with Gasteiger partial charge in [-0.3, -0.25) is 9.59 Å². The molecule has 47 heavy (non-hydrogen) atoms. The van der Waals surface area contributed by atoms with Crippen LogP contribution in [0.4, 0.5) is 0 Å². The Kier molecular flexibility index (Phi) is 8.32. The van der Waals surface area contributed by atoms with E-state index in [-0.39, 0.29) is 24.5 Å². The lowest BCUT2D eigenvalue weighted by atomic mass is 9.38. The molecule has 6 aliphatic rings. The minimum Gasteiger partial charge on any atom is -0.479 e. The first kappa shape index (κ1) is 34.2. The summed E-state index contributed by atoms with van der Waals surface area (Å²) in [5.74, 6) is -8.72. The maximum absolute atomic E-state index is 13.7. The third-order valence-electron chi connectivity index (χ3n) is 11.6. The van der Waals surface area contributed by atoms with Crippen LogP contribution < -0.4 is 0 Å². The number of fused-ring (bicyclic) bond motifs is 2. The first-order chi connectivity index (χ1) is 22.0. The molecule has 0 amide bonds. The molecular weight excluding hydrogens is 628 g/mol. The molecule has 0 aromatic rings. The van der Waals surface area contributed by atoms with Gasteiger partial charge < -0.3 is 59.4 Å². The summed E-state index contributed by atoms with van der Waals surface area (Å²) in [6.07, 6.45) is -13.8. The highest BCUT2D eigenvalue weighted by Crippen LogP contribution is 2.72. The third kappa shape index (κ3) is 4.56. The summed E-state index contributed by atoms with van der Waals surface area (Å²) in [5, 5.41) is 74.7. The van der Waals surface area contributed by atoms with Crippen molar-refractivity contribution in [2.45, 2.75) is 101 Å². The van der Waals surface area contributed by atoms with Crippen LogP contribution in [0.15, 0.2) is 11.8 Å². The van der Waals surface area contributed by atoms with Crippen molar-refractivity contribution in [3.63, 3.8) is 0 Å². The molecule has 0 aromatic carbocycles. The molecule has 3 aliphatic heterocycles. The van der Waals surface area contributed by atoms with Gasteiger partial charge >= 0.3 is 17.9 Å². The van der Waals surface area contributed by atoms with Crippen LogP contribution in [0.1, 0.15) is 40.5 Å². The van der Waals surface area contributed by atoms with Crippen LogP contribution >= 0.6 is 0 Å². The van der Waals surface area contributed by atoms with Crippen molar-refractivity contribution in [1.29, 1.82) is 0 Å². The standard InChI is InChI=1S/C31H42O16/c1-10(2)5-16(33)47-22-24-30-9-43-31(24,28(41)42)25(39)21(38)23(30)29(4)7-13(17(34)11(3)12(29)6-15(30)46-26(22)40)44-27-20(37)19(36)18(35)14(8-32)45-27/h7,10-12,14-15,18-25,27,32,35-39H,5-6,8-9H2,1-4H3,(H,41,42)/t11-,12-,14+,15+,18+,19-,20+,21+,22+,23+,24+,25-,27+,29-,30+,31?/m0/s1. The van der Waals surface area contributed by atoms with Gasteiger partial charge in [0.15, 0.2) is 11.5 Å². The predicted molar refractivity (Wildman–Crippen MR) is 150 cm³/mol. The Balaban J connectivity index is 1.46. The topological polar surface area (TPSA) is 256 Å². The van der Waals surface area contributed by atoms with Gasteiger partial charge in [0.25, 0.3) is 0 Å². The number of carboxylic acid groups (broad SMARTS) is 1. The van der Waals surface area contributed by atoms with E-state index in [9.17, 15) is 54.9 Å². The number of carbonyl (C=O) groups excluding carboxylic acids is 3. The van der Waals surface area contributed by atoms with E-state index in [4.69, 9.17) is 23.7 Å². The van der Waals surface area contributed by atoms with E-state index in [1.54, 1.807) is 27.7 Å². The fraction of sp³-hybridized carbons (Fsp3) is 0.806. The quantitative estimate of drug-likeness (QED) is 0.140. The Labute approximate surface area is 269 Å². The third-order valence-corrected chi connectivity index (χ3v) is 11.6. The van der Waals surface area contributed by atoms with Crippen LogP contribution in [0.5, 0.6) is 0 Å². The molecule has 3 aliphatic carbocycles. The van der Waals surface area contributed by atoms with E-state index in [0.29, 0.717) is 0 Å². The zero-order chi connectivity index (χ0) is 34.5. The van der Waals surface area contributed by atoms with Crippen molar-refractivity contribution >= 4 is 23.7 Å². The summed E-state index contributed by atoms with van der Waals surface area (Å²) in [6, 6.07) is 0. The smallest absolute Gasteiger partial charge is 0.348 e. The molecule has 5 fully saturated rings. The predicted octanol–water partition coefficient (Wildman–Crippen LogP) is -2.38. The molecule has 2 bridgehead atoms. The van der Waals surface area contributed by atoms with Gasteiger partial charge in [-0.05, 0) is 29.7 Å². The molecule has 16 nitrogen and oxygen atoms in total. The van der Waals surface area contributed by atoms with Gasteiger partial charge in [-0.15, -0.1) is 0 Å². The number of aliphatic hydroxyl groups excluding tert-OH is 6. The Morgan fingerprint density at radius 1 is 1.04 bits per heavy atom. The average Bonchev–Trinajstić information content (AvgIpc) is 3.31. The second kappa shape index (κ2) is 11.4. The van der Waals surface area contributed by atoms with Crippen molar-refractivity contribution in [2.75, 3.05) is 13.2 Å². The molecule has 0 radical (unpaired) electrons. The van der Waals surface area contributed by atoms with Gasteiger partial charge in [0.1, 0.15) is 36.6 Å². The van der Waals surface area contributed by atoms with Crippen LogP contribution in [0.2, 0.25) is 0 Å². The Morgan fingerprint density at radius 2 is 1.72 bits per heavy atom. The molecule has 0 aromatic heterocycles. The summed E-state index contributed by atoms with van der Waals surface area (Å²) in [7, 11) is 0. The molecule has 3 saturated heterocycles. The lowest BCUT2D eigenvalue weighted by Gasteiger charge is -2.67. The fourth-order valence-electron chi connectivity index (χ4n) is 9.56. The molecule has 16 atom stereocenters. The van der Waals surface area contributed by atoms with Crippen molar-refractivity contribution in [2.24, 2.45) is 40.4 Å². The summed E-state index contributed by atoms with van der Waals surface area (Å²) in [6.45, 7) is 5.63. The van der Waals surface area contributed by atoms with Gasteiger partial charge in [-0.1, -0.05) is 27.7 Å². The number of hydrogen-bond donors (Lipinski definition) is 7. The molecular formula is C31H42O16. The van der Waals surface area contributed by atoms with E-state index in [2.05, 4.69) is 0 Å². The van der Waals surface area contributed by atoms with Crippen LogP contribution in [0, 0.1) is 40.4 Å². The first-order valence-electron chi connectivity index (χ1n) is 15.8. The SMILES string of the molecule is CC(C)CC(=O)O[C@H]1C(=O)O[C@@H]2C[C@H]3[C@H](C)C(=O)C(O[C@@H]4O[C@H](CO)[C@@H](O)[C@H](O)[C@H]4O)=C[C@]3(C)[C@H]3[C@@H](O)[C@H](O)C4(C(=O)O)OC[C@]32[C@@H]14. The van der Waals surface area contributed by atoms with E-state index >= 15 is 0 Å². The number of ketones is 1. The normalized spacial score (nSPS) is 50.2. The molecule has 7 N–H and O–H groups in total. The summed E-state index contributed by atoms with van der Waals surface area (Å²) in [4.78, 5) is 53.1. The Hall–Kier alpha value is -2.70. The Morgan fingerprint density at radius 3 is 2.34 bits per heavy atom. The van der Waals surface area contributed by atoms with Gasteiger partial charge in [0.05, 0.1) is 25.2 Å². The molecule has 16 heteroatoms. The number of ether oxygens (including phenoxy) is 5. The van der Waals surface area contributed by atoms with Crippen LogP contribution in [0.25, 0.3) is 0 Å². The number of aliphatic carboxylic acids is 1. The van der Waals surface area contributed by atoms with E-state index < -0.39 is 132 Å². The number of carboxylic acids is 1. The number of Topliss-reactive ketones (excluding diaryl/α,β-unsaturated/α-hetero) is 1. The highest BCUT2D eigenvalue weighted by atomic mass is 16.7. The van der Waals surface area contributed by atoms with Crippen molar-refractivity contribution < 1.29 is 78.6 Å². The average molecular weight is 671 g/mol. The van der Waals surface area contributed by atoms with Crippen molar-refractivity contribution in [3.8, 4) is 0 Å². The summed E-state index contributed by atoms with van der Waals surface area (Å²) >= 11 is 0. The van der Waals surface area contributed by atoms with Crippen LogP contribution in [-0.2, 0) is 42.9 Å². The van der Waals surface area contributed by atoms with Crippen LogP contribution in [-0.4, -0.2) is 133 Å². The number of carbonyl (C=O) groups is 4. The summed E-state index contributed by atoms with van der Waals surface area (Å²) in [5.41, 5.74) is -5.38. The maximum atomic E-state index is 13.7. The van der Waals surface area contributed by atoms with Gasteiger partial charge in [-0.2, -0.15) is 0 Å². The van der Waals surface area contributed by atoms with E-state index in [0.717, 1.165) is 0 Å². The molecule has 1 unspecified atom stereocenters. The highest BCUT2D eigenvalue weighted by molar-refractivity contribution is 5.96. The lowest BCUT2D eigenvalue weighted by Crippen LogP contribution is -2.79. The van der Waals surface area contributed by atoms with Gasteiger partial charge in [0.2, 0.25) is 18.0 Å². The van der Waals surface area contributed by atoms with Gasteiger partial charge in [0, 0.05) is 23.7 Å². The fourth-order valence-corrected chi connectivity index (χ4v) is 9.56. The molecule has 2 saturated carbocycles. The molecule has 3 heterocycles.